The fourth-order valence-electron chi connectivity index (χ4n) is 1.53. The standard InChI is InChI=1S/C11H9F2N3O4/c12-10(13)20-7-3-1-2-6(4-7)9(18)15-16-5-8(17)14-11(16)19/h1-4,10H,5H2,(H,15,18)(H,14,17,19). The largest absolute Gasteiger partial charge is 0.435 e. The lowest BCUT2D eigenvalue weighted by Gasteiger charge is -2.14. The van der Waals surface area contributed by atoms with Gasteiger partial charge in [-0.1, -0.05) is 6.07 Å². The molecule has 0 saturated carbocycles. The van der Waals surface area contributed by atoms with Crippen LogP contribution in [0.5, 0.6) is 5.75 Å². The Morgan fingerprint density at radius 2 is 2.15 bits per heavy atom. The van der Waals surface area contributed by atoms with Crippen LogP contribution in [0.25, 0.3) is 0 Å². The van der Waals surface area contributed by atoms with E-state index in [1.165, 1.54) is 18.2 Å². The molecule has 1 saturated heterocycles. The summed E-state index contributed by atoms with van der Waals surface area (Å²) >= 11 is 0. The van der Waals surface area contributed by atoms with Gasteiger partial charge in [-0.25, -0.2) is 9.80 Å². The van der Waals surface area contributed by atoms with E-state index in [1.54, 1.807) is 0 Å². The maximum absolute atomic E-state index is 12.1. The van der Waals surface area contributed by atoms with E-state index >= 15 is 0 Å². The molecule has 0 radical (unpaired) electrons. The van der Waals surface area contributed by atoms with Gasteiger partial charge in [0, 0.05) is 5.56 Å². The van der Waals surface area contributed by atoms with Gasteiger partial charge in [-0.05, 0) is 18.2 Å². The summed E-state index contributed by atoms with van der Waals surface area (Å²) in [4.78, 5) is 34.0. The first-order chi connectivity index (χ1) is 9.45. The van der Waals surface area contributed by atoms with E-state index in [4.69, 9.17) is 0 Å². The van der Waals surface area contributed by atoms with E-state index < -0.39 is 24.5 Å². The number of nitrogens with one attached hydrogen (secondary N) is 2. The van der Waals surface area contributed by atoms with E-state index in [9.17, 15) is 23.2 Å². The number of hydrogen-bond donors (Lipinski definition) is 2. The van der Waals surface area contributed by atoms with Crippen LogP contribution < -0.4 is 15.5 Å². The Labute approximate surface area is 111 Å². The fourth-order valence-corrected chi connectivity index (χ4v) is 1.53. The molecule has 1 aliphatic rings. The van der Waals surface area contributed by atoms with Crippen LogP contribution in [0.15, 0.2) is 24.3 Å². The number of rotatable bonds is 4. The fraction of sp³-hybridized carbons (Fsp3) is 0.182. The Hall–Kier alpha value is -2.71. The predicted molar refractivity (Wildman–Crippen MR) is 60.8 cm³/mol. The third-order valence-electron chi connectivity index (χ3n) is 2.35. The zero-order chi connectivity index (χ0) is 14.7. The van der Waals surface area contributed by atoms with E-state index in [-0.39, 0.29) is 17.9 Å². The second-order valence-electron chi connectivity index (χ2n) is 3.79. The third kappa shape index (κ3) is 3.19. The van der Waals surface area contributed by atoms with Gasteiger partial charge in [-0.15, -0.1) is 0 Å². The van der Waals surface area contributed by atoms with Crippen LogP contribution in [-0.4, -0.2) is 36.0 Å². The van der Waals surface area contributed by atoms with Crippen molar-refractivity contribution < 1.29 is 27.9 Å². The number of hydrogen-bond acceptors (Lipinski definition) is 4. The van der Waals surface area contributed by atoms with E-state index in [2.05, 4.69) is 10.2 Å². The number of ether oxygens (including phenoxy) is 1. The number of imide groups is 1. The quantitative estimate of drug-likeness (QED) is 0.788. The molecule has 1 aromatic carbocycles. The monoisotopic (exact) mass is 285 g/mol. The summed E-state index contributed by atoms with van der Waals surface area (Å²) in [5, 5.41) is 2.75. The average molecular weight is 285 g/mol. The molecule has 1 aliphatic heterocycles. The lowest BCUT2D eigenvalue weighted by molar-refractivity contribution is -0.118. The zero-order valence-electron chi connectivity index (χ0n) is 9.93. The summed E-state index contributed by atoms with van der Waals surface area (Å²) in [6, 6.07) is 4.29. The molecule has 2 rings (SSSR count). The summed E-state index contributed by atoms with van der Waals surface area (Å²) in [6.07, 6.45) is 0. The maximum atomic E-state index is 12.1. The SMILES string of the molecule is O=C1CN(NC(=O)c2cccc(OC(F)F)c2)C(=O)N1. The molecule has 9 heteroatoms. The molecule has 0 bridgehead atoms. The van der Waals surface area contributed by atoms with Gasteiger partial charge < -0.3 is 4.74 Å². The van der Waals surface area contributed by atoms with Crippen molar-refractivity contribution in [2.75, 3.05) is 6.54 Å². The highest BCUT2D eigenvalue weighted by atomic mass is 19.3. The lowest BCUT2D eigenvalue weighted by atomic mass is 10.2. The van der Waals surface area contributed by atoms with E-state index in [0.29, 0.717) is 0 Å². The molecule has 7 nitrogen and oxygen atoms in total. The number of amides is 4. The Balaban J connectivity index is 2.05. The number of urea groups is 1. The first-order valence-electron chi connectivity index (χ1n) is 5.43. The van der Waals surface area contributed by atoms with Crippen LogP contribution in [0.4, 0.5) is 13.6 Å². The number of alkyl halides is 2. The molecule has 106 valence electrons. The minimum absolute atomic E-state index is 0.00954. The summed E-state index contributed by atoms with van der Waals surface area (Å²) in [5.41, 5.74) is 2.18. The highest BCUT2D eigenvalue weighted by molar-refractivity contribution is 6.04. The van der Waals surface area contributed by atoms with Crippen molar-refractivity contribution in [3.63, 3.8) is 0 Å². The van der Waals surface area contributed by atoms with Crippen molar-refractivity contribution in [3.8, 4) is 5.75 Å². The van der Waals surface area contributed by atoms with Crippen molar-refractivity contribution in [1.82, 2.24) is 15.8 Å². The number of nitrogens with zero attached hydrogens (tertiary/aromatic N) is 1. The summed E-state index contributed by atoms with van der Waals surface area (Å²) in [7, 11) is 0. The minimum Gasteiger partial charge on any atom is -0.435 e. The zero-order valence-corrected chi connectivity index (χ0v) is 9.93. The molecule has 4 amide bonds. The van der Waals surface area contributed by atoms with Gasteiger partial charge in [0.2, 0.25) is 5.91 Å². The normalized spacial score (nSPS) is 14.4. The molecule has 0 aromatic heterocycles. The van der Waals surface area contributed by atoms with Gasteiger partial charge in [-0.2, -0.15) is 8.78 Å². The van der Waals surface area contributed by atoms with Crippen LogP contribution in [0.3, 0.4) is 0 Å². The van der Waals surface area contributed by atoms with Crippen molar-refractivity contribution in [2.24, 2.45) is 0 Å². The van der Waals surface area contributed by atoms with Gasteiger partial charge in [0.05, 0.1) is 0 Å². The Morgan fingerprint density at radius 1 is 1.40 bits per heavy atom. The van der Waals surface area contributed by atoms with Crippen molar-refractivity contribution in [1.29, 1.82) is 0 Å². The predicted octanol–water partition coefficient (Wildman–Crippen LogP) is 0.485. The van der Waals surface area contributed by atoms with Crippen molar-refractivity contribution >= 4 is 17.8 Å². The molecule has 0 atom stereocenters. The second kappa shape index (κ2) is 5.51. The molecule has 1 heterocycles. The molecule has 0 aliphatic carbocycles. The van der Waals surface area contributed by atoms with Gasteiger partial charge in [-0.3, -0.25) is 20.3 Å². The van der Waals surface area contributed by atoms with E-state index in [0.717, 1.165) is 11.1 Å². The minimum atomic E-state index is -3.00. The molecular weight excluding hydrogens is 276 g/mol. The van der Waals surface area contributed by atoms with Crippen LogP contribution in [0, 0.1) is 0 Å². The van der Waals surface area contributed by atoms with Crippen LogP contribution in [-0.2, 0) is 4.79 Å². The highest BCUT2D eigenvalue weighted by Gasteiger charge is 2.28. The van der Waals surface area contributed by atoms with Crippen molar-refractivity contribution in [3.05, 3.63) is 29.8 Å². The molecule has 1 aromatic rings. The molecule has 2 N–H and O–H groups in total. The molecule has 1 fully saturated rings. The van der Waals surface area contributed by atoms with Crippen molar-refractivity contribution in [2.45, 2.75) is 6.61 Å². The Bertz CT molecular complexity index is 564. The van der Waals surface area contributed by atoms with Crippen LogP contribution in [0.1, 0.15) is 10.4 Å². The van der Waals surface area contributed by atoms with Gasteiger partial charge >= 0.3 is 12.6 Å². The maximum Gasteiger partial charge on any atom is 0.387 e. The van der Waals surface area contributed by atoms with Gasteiger partial charge in [0.1, 0.15) is 12.3 Å². The summed E-state index contributed by atoms with van der Waals surface area (Å²) in [5.74, 6) is -1.46. The molecule has 0 unspecified atom stereocenters. The summed E-state index contributed by atoms with van der Waals surface area (Å²) < 4.78 is 28.3. The summed E-state index contributed by atoms with van der Waals surface area (Å²) in [6.45, 7) is -3.31. The first kappa shape index (κ1) is 13.7. The average Bonchev–Trinajstić information content (AvgIpc) is 2.67. The molecular formula is C11H9F2N3O4. The van der Waals surface area contributed by atoms with E-state index in [1.807, 2.05) is 5.32 Å². The number of benzene rings is 1. The lowest BCUT2D eigenvalue weighted by Crippen LogP contribution is -2.44. The van der Waals surface area contributed by atoms with Gasteiger partial charge in [0.25, 0.3) is 5.91 Å². The number of carbonyl (C=O) groups is 3. The third-order valence-corrected chi connectivity index (χ3v) is 2.35. The first-order valence-corrected chi connectivity index (χ1v) is 5.43. The Kier molecular flexibility index (Phi) is 3.78. The second-order valence-corrected chi connectivity index (χ2v) is 3.79. The number of hydrazine groups is 1. The molecule has 20 heavy (non-hydrogen) atoms. The smallest absolute Gasteiger partial charge is 0.387 e. The number of carbonyl (C=O) groups excluding carboxylic acids is 3. The van der Waals surface area contributed by atoms with Crippen LogP contribution in [0.2, 0.25) is 0 Å². The van der Waals surface area contributed by atoms with Crippen LogP contribution >= 0.6 is 0 Å². The topological polar surface area (TPSA) is 87.7 Å². The number of halogens is 2. The van der Waals surface area contributed by atoms with Gasteiger partial charge in [0.15, 0.2) is 0 Å². The Morgan fingerprint density at radius 3 is 2.75 bits per heavy atom. The highest BCUT2D eigenvalue weighted by Crippen LogP contribution is 2.16. The molecule has 0 spiro atoms.